The molecule has 1 aliphatic rings. The van der Waals surface area contributed by atoms with Crippen LogP contribution in [0, 0.1) is 0 Å². The van der Waals surface area contributed by atoms with E-state index in [-0.39, 0.29) is 12.4 Å². The Labute approximate surface area is 92.2 Å². The third-order valence-electron chi connectivity index (χ3n) is 1.86. The second-order valence-electron chi connectivity index (χ2n) is 2.85. The van der Waals surface area contributed by atoms with Crippen molar-refractivity contribution in [2.24, 2.45) is 0 Å². The molecule has 0 atom stereocenters. The molecule has 0 saturated carbocycles. The molecule has 1 saturated heterocycles. The van der Waals surface area contributed by atoms with Crippen LogP contribution in [0.3, 0.4) is 0 Å². The number of ether oxygens (including phenoxy) is 1. The maximum absolute atomic E-state index is 5.62. The van der Waals surface area contributed by atoms with Gasteiger partial charge in [-0.05, 0) is 24.3 Å². The first-order valence-corrected chi connectivity index (χ1v) is 4.77. The number of hydrogen-bond donors (Lipinski definition) is 1. The maximum Gasteiger partial charge on any atom is 0.123 e. The van der Waals surface area contributed by atoms with E-state index in [1.165, 1.54) is 0 Å². The Balaban J connectivity index is 0.000000845. The standard InChI is InChI=1S/C9H10BrNO.ClH/c10-7-1-3-8(4-2-7)12-9-5-11-6-9;/h1-4,9,11H,5-6H2;1H. The molecule has 0 aliphatic carbocycles. The van der Waals surface area contributed by atoms with Crippen molar-refractivity contribution in [3.8, 4) is 5.75 Å². The highest BCUT2D eigenvalue weighted by Gasteiger charge is 2.17. The van der Waals surface area contributed by atoms with Gasteiger partial charge in [0.05, 0.1) is 0 Å². The van der Waals surface area contributed by atoms with Gasteiger partial charge in [-0.25, -0.2) is 0 Å². The molecule has 1 aliphatic heterocycles. The van der Waals surface area contributed by atoms with Crippen molar-refractivity contribution in [3.05, 3.63) is 28.7 Å². The summed E-state index contributed by atoms with van der Waals surface area (Å²) in [6.07, 6.45) is 0.367. The molecule has 13 heavy (non-hydrogen) atoms. The lowest BCUT2D eigenvalue weighted by atomic mass is 10.2. The summed E-state index contributed by atoms with van der Waals surface area (Å²) in [5, 5.41) is 3.16. The molecule has 1 heterocycles. The summed E-state index contributed by atoms with van der Waals surface area (Å²) in [6, 6.07) is 7.92. The van der Waals surface area contributed by atoms with E-state index in [2.05, 4.69) is 21.2 Å². The molecule has 4 heteroatoms. The molecular formula is C9H11BrClNO. The monoisotopic (exact) mass is 263 g/mol. The summed E-state index contributed by atoms with van der Waals surface area (Å²) in [4.78, 5) is 0. The van der Waals surface area contributed by atoms with Gasteiger partial charge in [0.2, 0.25) is 0 Å². The number of benzene rings is 1. The van der Waals surface area contributed by atoms with Gasteiger partial charge < -0.3 is 10.1 Å². The molecule has 0 aromatic heterocycles. The van der Waals surface area contributed by atoms with E-state index in [0.29, 0.717) is 6.10 Å². The van der Waals surface area contributed by atoms with Gasteiger partial charge in [0.1, 0.15) is 11.9 Å². The Bertz CT molecular complexity index is 261. The van der Waals surface area contributed by atoms with Crippen molar-refractivity contribution in [1.82, 2.24) is 5.32 Å². The summed E-state index contributed by atoms with van der Waals surface area (Å²) in [5.41, 5.74) is 0. The quantitative estimate of drug-likeness (QED) is 0.884. The van der Waals surface area contributed by atoms with Crippen molar-refractivity contribution in [2.75, 3.05) is 13.1 Å². The Kier molecular flexibility index (Phi) is 4.03. The van der Waals surface area contributed by atoms with Gasteiger partial charge in [-0.2, -0.15) is 0 Å². The van der Waals surface area contributed by atoms with E-state index in [0.717, 1.165) is 23.3 Å². The molecule has 0 radical (unpaired) electrons. The lowest BCUT2D eigenvalue weighted by molar-refractivity contribution is 0.142. The molecule has 1 aromatic rings. The van der Waals surface area contributed by atoms with Crippen molar-refractivity contribution >= 4 is 28.3 Å². The fraction of sp³-hybridized carbons (Fsp3) is 0.333. The maximum atomic E-state index is 5.62. The van der Waals surface area contributed by atoms with E-state index in [1.807, 2.05) is 24.3 Å². The average Bonchev–Trinajstić information content (AvgIpc) is 2.00. The Morgan fingerprint density at radius 2 is 1.85 bits per heavy atom. The molecule has 2 rings (SSSR count). The molecule has 2 nitrogen and oxygen atoms in total. The summed E-state index contributed by atoms with van der Waals surface area (Å²) >= 11 is 3.37. The van der Waals surface area contributed by atoms with E-state index in [4.69, 9.17) is 4.74 Å². The lowest BCUT2D eigenvalue weighted by Crippen LogP contribution is -2.50. The van der Waals surface area contributed by atoms with Gasteiger partial charge in [0, 0.05) is 17.6 Å². The lowest BCUT2D eigenvalue weighted by Gasteiger charge is -2.27. The number of hydrogen-bond acceptors (Lipinski definition) is 2. The first-order valence-electron chi connectivity index (χ1n) is 3.97. The highest BCUT2D eigenvalue weighted by atomic mass is 79.9. The zero-order valence-electron chi connectivity index (χ0n) is 7.00. The molecule has 0 unspecified atom stereocenters. The van der Waals surface area contributed by atoms with Crippen molar-refractivity contribution in [3.63, 3.8) is 0 Å². The third-order valence-corrected chi connectivity index (χ3v) is 2.39. The summed E-state index contributed by atoms with van der Waals surface area (Å²) in [6.45, 7) is 1.94. The minimum Gasteiger partial charge on any atom is -0.488 e. The van der Waals surface area contributed by atoms with Gasteiger partial charge >= 0.3 is 0 Å². The van der Waals surface area contributed by atoms with E-state index < -0.39 is 0 Å². The minimum atomic E-state index is 0. The predicted molar refractivity (Wildman–Crippen MR) is 58.7 cm³/mol. The summed E-state index contributed by atoms with van der Waals surface area (Å²) in [5.74, 6) is 0.949. The zero-order chi connectivity index (χ0) is 8.39. The molecule has 72 valence electrons. The number of nitrogens with one attached hydrogen (secondary N) is 1. The summed E-state index contributed by atoms with van der Waals surface area (Å²) in [7, 11) is 0. The molecule has 0 amide bonds. The molecule has 0 bridgehead atoms. The molecule has 1 aromatic carbocycles. The van der Waals surface area contributed by atoms with Crippen LogP contribution in [0.5, 0.6) is 5.75 Å². The fourth-order valence-electron chi connectivity index (χ4n) is 1.05. The molecular weight excluding hydrogens is 253 g/mol. The van der Waals surface area contributed by atoms with Gasteiger partial charge in [-0.1, -0.05) is 15.9 Å². The molecule has 1 fully saturated rings. The predicted octanol–water partition coefficient (Wildman–Crippen LogP) is 2.22. The van der Waals surface area contributed by atoms with Crippen LogP contribution in [0.1, 0.15) is 0 Å². The Hall–Kier alpha value is -0.250. The van der Waals surface area contributed by atoms with Crippen molar-refractivity contribution < 1.29 is 4.74 Å². The van der Waals surface area contributed by atoms with Crippen LogP contribution in [0.4, 0.5) is 0 Å². The van der Waals surface area contributed by atoms with Crippen molar-refractivity contribution in [1.29, 1.82) is 0 Å². The normalized spacial score (nSPS) is 15.8. The second kappa shape index (κ2) is 4.84. The van der Waals surface area contributed by atoms with Gasteiger partial charge in [0.15, 0.2) is 0 Å². The average molecular weight is 265 g/mol. The second-order valence-corrected chi connectivity index (χ2v) is 3.77. The molecule has 0 spiro atoms. The van der Waals surface area contributed by atoms with Gasteiger partial charge in [-0.3, -0.25) is 0 Å². The van der Waals surface area contributed by atoms with Crippen LogP contribution in [-0.4, -0.2) is 19.2 Å². The largest absolute Gasteiger partial charge is 0.488 e. The zero-order valence-corrected chi connectivity index (χ0v) is 9.40. The first-order chi connectivity index (χ1) is 5.84. The van der Waals surface area contributed by atoms with Gasteiger partial charge in [-0.15, -0.1) is 12.4 Å². The number of halogens is 2. The van der Waals surface area contributed by atoms with Crippen LogP contribution in [0.2, 0.25) is 0 Å². The van der Waals surface area contributed by atoms with Gasteiger partial charge in [0.25, 0.3) is 0 Å². The summed E-state index contributed by atoms with van der Waals surface area (Å²) < 4.78 is 6.71. The van der Waals surface area contributed by atoms with Crippen molar-refractivity contribution in [2.45, 2.75) is 6.10 Å². The SMILES string of the molecule is Brc1ccc(OC2CNC2)cc1.Cl. The van der Waals surface area contributed by atoms with Crippen LogP contribution in [0.15, 0.2) is 28.7 Å². The fourth-order valence-corrected chi connectivity index (χ4v) is 1.32. The smallest absolute Gasteiger partial charge is 0.123 e. The van der Waals surface area contributed by atoms with E-state index >= 15 is 0 Å². The minimum absolute atomic E-state index is 0. The number of rotatable bonds is 2. The van der Waals surface area contributed by atoms with E-state index in [9.17, 15) is 0 Å². The highest BCUT2D eigenvalue weighted by molar-refractivity contribution is 9.10. The first kappa shape index (κ1) is 10.8. The Morgan fingerprint density at radius 1 is 1.23 bits per heavy atom. The molecule has 1 N–H and O–H groups in total. The highest BCUT2D eigenvalue weighted by Crippen LogP contribution is 2.17. The third kappa shape index (κ3) is 2.86. The van der Waals surface area contributed by atoms with Crippen LogP contribution >= 0.6 is 28.3 Å². The van der Waals surface area contributed by atoms with E-state index in [1.54, 1.807) is 0 Å². The van der Waals surface area contributed by atoms with Crippen LogP contribution in [0.25, 0.3) is 0 Å². The van der Waals surface area contributed by atoms with Crippen LogP contribution < -0.4 is 10.1 Å². The Morgan fingerprint density at radius 3 is 2.31 bits per heavy atom. The van der Waals surface area contributed by atoms with Crippen LogP contribution in [-0.2, 0) is 0 Å². The topological polar surface area (TPSA) is 21.3 Å².